The number of ether oxygens (including phenoxy) is 1. The molecule has 4 N–H and O–H groups in total. The number of fused-ring (bicyclic) bond motifs is 1. The van der Waals surface area contributed by atoms with Crippen molar-refractivity contribution in [2.75, 3.05) is 7.05 Å². The van der Waals surface area contributed by atoms with E-state index in [0.29, 0.717) is 16.2 Å². The van der Waals surface area contributed by atoms with E-state index >= 15 is 0 Å². The van der Waals surface area contributed by atoms with E-state index in [1.165, 1.54) is 43.5 Å². The Bertz CT molecular complexity index is 843. The number of carbonyl (C=O) groups excluding carboxylic acids is 1. The van der Waals surface area contributed by atoms with E-state index in [1.54, 1.807) is 12.1 Å². The van der Waals surface area contributed by atoms with Gasteiger partial charge >= 0.3 is 0 Å². The Morgan fingerprint density at radius 3 is 2.40 bits per heavy atom. The minimum Gasteiger partial charge on any atom is -0.508 e. The molecule has 0 radical (unpaired) electrons. The number of aromatic hydroxyl groups is 2. The topological polar surface area (TPSA) is 110 Å². The van der Waals surface area contributed by atoms with Crippen LogP contribution >= 0.6 is 0 Å². The fourth-order valence-corrected chi connectivity index (χ4v) is 2.65. The molecule has 0 aliphatic carbocycles. The molecule has 3 rings (SSSR count). The number of hydrogen-bond acceptors (Lipinski definition) is 6. The Morgan fingerprint density at radius 2 is 1.76 bits per heavy atom. The third-order valence-corrected chi connectivity index (χ3v) is 3.95. The van der Waals surface area contributed by atoms with Gasteiger partial charge in [-0.15, -0.1) is 0 Å². The van der Waals surface area contributed by atoms with Crippen LogP contribution in [-0.2, 0) is 10.4 Å². The maximum absolute atomic E-state index is 11.9. The predicted octanol–water partition coefficient (Wildman–Crippen LogP) is 1.96. The average molecular weight is 343 g/mol. The summed E-state index contributed by atoms with van der Waals surface area (Å²) in [5, 5.41) is 39.9. The minimum atomic E-state index is -1.73. The van der Waals surface area contributed by atoms with E-state index in [9.17, 15) is 25.3 Å². The summed E-state index contributed by atoms with van der Waals surface area (Å²) in [6.45, 7) is 0. The molecule has 2 aromatic rings. The van der Waals surface area contributed by atoms with Crippen molar-refractivity contribution < 1.29 is 30.1 Å². The smallest absolute Gasteiger partial charge is 0.249 e. The molecule has 130 valence electrons. The summed E-state index contributed by atoms with van der Waals surface area (Å²) in [5.41, 5.74) is -0.874. The van der Waals surface area contributed by atoms with Gasteiger partial charge in [0.05, 0.1) is 6.42 Å². The Morgan fingerprint density at radius 1 is 1.12 bits per heavy atom. The summed E-state index contributed by atoms with van der Waals surface area (Å²) in [6, 6.07) is 10.3. The van der Waals surface area contributed by atoms with Crippen molar-refractivity contribution in [1.82, 2.24) is 5.06 Å². The monoisotopic (exact) mass is 343 g/mol. The molecule has 0 fully saturated rings. The normalized spacial score (nSPS) is 18.8. The van der Waals surface area contributed by atoms with Gasteiger partial charge in [0.2, 0.25) is 5.91 Å². The van der Waals surface area contributed by atoms with Gasteiger partial charge in [-0.25, -0.2) is 5.06 Å². The molecule has 1 amide bonds. The van der Waals surface area contributed by atoms with Gasteiger partial charge in [-0.2, -0.15) is 0 Å². The second-order valence-electron chi connectivity index (χ2n) is 5.86. The van der Waals surface area contributed by atoms with Crippen LogP contribution in [0.1, 0.15) is 17.5 Å². The van der Waals surface area contributed by atoms with Crippen LogP contribution in [0, 0.1) is 0 Å². The molecular weight excluding hydrogens is 326 g/mol. The fourth-order valence-electron chi connectivity index (χ4n) is 2.65. The zero-order valence-corrected chi connectivity index (χ0v) is 13.4. The van der Waals surface area contributed by atoms with E-state index in [-0.39, 0.29) is 23.0 Å². The molecule has 0 saturated heterocycles. The van der Waals surface area contributed by atoms with Gasteiger partial charge in [-0.3, -0.25) is 10.0 Å². The molecule has 1 aliphatic heterocycles. The maximum atomic E-state index is 11.9. The number of hydrogen-bond donors (Lipinski definition) is 4. The lowest BCUT2D eigenvalue weighted by Gasteiger charge is -2.32. The first kappa shape index (κ1) is 16.8. The second kappa shape index (κ2) is 6.12. The summed E-state index contributed by atoms with van der Waals surface area (Å²) in [6.07, 6.45) is 0.961. The van der Waals surface area contributed by atoms with Gasteiger partial charge < -0.3 is 20.1 Å². The molecule has 7 nitrogen and oxygen atoms in total. The van der Waals surface area contributed by atoms with Gasteiger partial charge in [-0.1, -0.05) is 0 Å². The second-order valence-corrected chi connectivity index (χ2v) is 5.86. The summed E-state index contributed by atoms with van der Waals surface area (Å²) < 4.78 is 5.75. The van der Waals surface area contributed by atoms with Crippen LogP contribution < -0.4 is 4.74 Å². The van der Waals surface area contributed by atoms with Crippen LogP contribution in [0.3, 0.4) is 0 Å². The first-order valence-corrected chi connectivity index (χ1v) is 7.50. The predicted molar refractivity (Wildman–Crippen MR) is 87.9 cm³/mol. The van der Waals surface area contributed by atoms with Crippen LogP contribution in [0.4, 0.5) is 0 Å². The zero-order chi connectivity index (χ0) is 18.2. The highest BCUT2D eigenvalue weighted by molar-refractivity contribution is 5.79. The van der Waals surface area contributed by atoms with Crippen LogP contribution in [0.25, 0.3) is 5.76 Å². The number of phenols is 2. The standard InChI is InChI=1S/C18H17NO6/c1-19(24)17(22)10-18(23)9-16(11-2-4-12(20)5-3-11)25-15-8-13(21)6-7-14(15)18/h2-9,20-21,23-24H,10H2,1H3. The highest BCUT2D eigenvalue weighted by Crippen LogP contribution is 2.43. The van der Waals surface area contributed by atoms with Crippen molar-refractivity contribution in [3.63, 3.8) is 0 Å². The molecule has 1 aliphatic rings. The van der Waals surface area contributed by atoms with E-state index in [4.69, 9.17) is 4.74 Å². The first-order valence-electron chi connectivity index (χ1n) is 7.50. The third kappa shape index (κ3) is 3.28. The summed E-state index contributed by atoms with van der Waals surface area (Å²) in [5.74, 6) is -0.218. The molecule has 7 heteroatoms. The van der Waals surface area contributed by atoms with Crippen molar-refractivity contribution in [2.45, 2.75) is 12.0 Å². The summed E-state index contributed by atoms with van der Waals surface area (Å²) >= 11 is 0. The van der Waals surface area contributed by atoms with Gasteiger partial charge in [0.1, 0.15) is 28.6 Å². The molecule has 0 saturated carbocycles. The number of phenolic OH excluding ortho intramolecular Hbond substituents is 2. The average Bonchev–Trinajstić information content (AvgIpc) is 2.54. The molecule has 0 bridgehead atoms. The Kier molecular flexibility index (Phi) is 4.12. The SMILES string of the molecule is CN(O)C(=O)CC1(O)C=C(c2ccc(O)cc2)Oc2cc(O)ccc21. The lowest BCUT2D eigenvalue weighted by Crippen LogP contribution is -2.35. The Labute approximate surface area is 143 Å². The summed E-state index contributed by atoms with van der Waals surface area (Å²) in [7, 11) is 1.17. The van der Waals surface area contributed by atoms with E-state index in [0.717, 1.165) is 0 Å². The number of amides is 1. The Balaban J connectivity index is 2.09. The highest BCUT2D eigenvalue weighted by atomic mass is 16.5. The van der Waals surface area contributed by atoms with Crippen LogP contribution in [0.2, 0.25) is 0 Å². The lowest BCUT2D eigenvalue weighted by atomic mass is 9.86. The molecular formula is C18H17NO6. The van der Waals surface area contributed by atoms with Gasteiger partial charge in [0.25, 0.3) is 0 Å². The van der Waals surface area contributed by atoms with Gasteiger partial charge in [0, 0.05) is 24.2 Å². The van der Waals surface area contributed by atoms with E-state index < -0.39 is 17.9 Å². The molecule has 1 unspecified atom stereocenters. The molecule has 0 spiro atoms. The van der Waals surface area contributed by atoms with Gasteiger partial charge in [-0.05, 0) is 42.5 Å². The number of carbonyl (C=O) groups is 1. The number of hydroxylamine groups is 2. The summed E-state index contributed by atoms with van der Waals surface area (Å²) in [4.78, 5) is 11.9. The highest BCUT2D eigenvalue weighted by Gasteiger charge is 2.38. The first-order chi connectivity index (χ1) is 11.8. The molecule has 2 aromatic carbocycles. The largest absolute Gasteiger partial charge is 0.508 e. The van der Waals surface area contributed by atoms with Crippen molar-refractivity contribution in [2.24, 2.45) is 0 Å². The van der Waals surface area contributed by atoms with Crippen LogP contribution in [0.5, 0.6) is 17.2 Å². The van der Waals surface area contributed by atoms with Crippen LogP contribution in [-0.4, -0.2) is 38.5 Å². The minimum absolute atomic E-state index is 0.0568. The van der Waals surface area contributed by atoms with Gasteiger partial charge in [0.15, 0.2) is 0 Å². The maximum Gasteiger partial charge on any atom is 0.249 e. The number of nitrogens with zero attached hydrogens (tertiary/aromatic N) is 1. The molecule has 1 atom stereocenters. The zero-order valence-electron chi connectivity index (χ0n) is 13.4. The lowest BCUT2D eigenvalue weighted by molar-refractivity contribution is -0.163. The quantitative estimate of drug-likeness (QED) is 0.501. The van der Waals surface area contributed by atoms with Crippen molar-refractivity contribution in [3.8, 4) is 17.2 Å². The fraction of sp³-hybridized carbons (Fsp3) is 0.167. The van der Waals surface area contributed by atoms with E-state index in [1.807, 2.05) is 0 Å². The molecule has 1 heterocycles. The number of rotatable bonds is 3. The van der Waals surface area contributed by atoms with Crippen molar-refractivity contribution >= 4 is 11.7 Å². The van der Waals surface area contributed by atoms with Crippen molar-refractivity contribution in [3.05, 3.63) is 59.7 Å². The Hall–Kier alpha value is -3.03. The number of aliphatic hydroxyl groups is 1. The third-order valence-electron chi connectivity index (χ3n) is 3.95. The molecule has 25 heavy (non-hydrogen) atoms. The van der Waals surface area contributed by atoms with Crippen LogP contribution in [0.15, 0.2) is 48.5 Å². The number of benzene rings is 2. The van der Waals surface area contributed by atoms with E-state index in [2.05, 4.69) is 0 Å². The molecule has 0 aromatic heterocycles. The van der Waals surface area contributed by atoms with Crippen molar-refractivity contribution in [1.29, 1.82) is 0 Å².